The molecule has 1 aromatic heterocycles. The second kappa shape index (κ2) is 6.35. The standard InChI is InChI=1S/C15H15NO2S/c1-2-18-15(17)14-10-12-7-6-11(5-3-4-8-19)9-13(12)16-14/h6-7,9-10,16,19H,2,4,8H2,1H3. The number of rotatable bonds is 3. The monoisotopic (exact) mass is 273 g/mol. The summed E-state index contributed by atoms with van der Waals surface area (Å²) in [5.74, 6) is 6.52. The van der Waals surface area contributed by atoms with E-state index < -0.39 is 0 Å². The molecule has 3 nitrogen and oxygen atoms in total. The summed E-state index contributed by atoms with van der Waals surface area (Å²) in [6.45, 7) is 2.16. The van der Waals surface area contributed by atoms with Gasteiger partial charge < -0.3 is 9.72 Å². The van der Waals surface area contributed by atoms with Crippen molar-refractivity contribution in [3.8, 4) is 11.8 Å². The molecule has 2 rings (SSSR count). The van der Waals surface area contributed by atoms with Crippen LogP contribution < -0.4 is 0 Å². The molecule has 1 N–H and O–H groups in total. The number of aromatic amines is 1. The van der Waals surface area contributed by atoms with Crippen molar-refractivity contribution in [2.24, 2.45) is 0 Å². The minimum atomic E-state index is -0.332. The third-order valence-corrected chi connectivity index (χ3v) is 2.81. The quantitative estimate of drug-likeness (QED) is 0.513. The van der Waals surface area contributed by atoms with Crippen LogP contribution in [0.1, 0.15) is 29.4 Å². The summed E-state index contributed by atoms with van der Waals surface area (Å²) < 4.78 is 4.96. The number of carbonyl (C=O) groups excluding carboxylic acids is 1. The summed E-state index contributed by atoms with van der Waals surface area (Å²) in [6.07, 6.45) is 0.764. The number of hydrogen-bond acceptors (Lipinski definition) is 3. The van der Waals surface area contributed by atoms with Crippen LogP contribution in [0.15, 0.2) is 24.3 Å². The minimum Gasteiger partial charge on any atom is -0.461 e. The molecule has 0 saturated carbocycles. The van der Waals surface area contributed by atoms with Gasteiger partial charge >= 0.3 is 5.97 Å². The van der Waals surface area contributed by atoms with Crippen molar-refractivity contribution in [3.05, 3.63) is 35.5 Å². The normalized spacial score (nSPS) is 10.0. The van der Waals surface area contributed by atoms with Crippen molar-refractivity contribution in [1.82, 2.24) is 4.98 Å². The highest BCUT2D eigenvalue weighted by atomic mass is 32.1. The van der Waals surface area contributed by atoms with E-state index in [4.69, 9.17) is 4.74 Å². The molecule has 0 spiro atoms. The molecule has 0 amide bonds. The summed E-state index contributed by atoms with van der Waals surface area (Å²) in [5, 5.41) is 0.975. The van der Waals surface area contributed by atoms with Gasteiger partial charge in [0.15, 0.2) is 0 Å². The van der Waals surface area contributed by atoms with E-state index in [2.05, 4.69) is 29.5 Å². The molecule has 0 atom stereocenters. The van der Waals surface area contributed by atoms with E-state index in [9.17, 15) is 4.79 Å². The Kier molecular flexibility index (Phi) is 4.53. The molecule has 1 aromatic carbocycles. The average Bonchev–Trinajstić information content (AvgIpc) is 2.82. The molecule has 98 valence electrons. The highest BCUT2D eigenvalue weighted by Gasteiger charge is 2.09. The van der Waals surface area contributed by atoms with Gasteiger partial charge in [-0.05, 0) is 25.1 Å². The van der Waals surface area contributed by atoms with Crippen LogP contribution in [0.2, 0.25) is 0 Å². The van der Waals surface area contributed by atoms with Crippen LogP contribution in [0, 0.1) is 11.8 Å². The molecule has 19 heavy (non-hydrogen) atoms. The number of hydrogen-bond donors (Lipinski definition) is 2. The summed E-state index contributed by atoms with van der Waals surface area (Å²) in [4.78, 5) is 14.7. The first-order chi connectivity index (χ1) is 9.24. The Bertz CT molecular complexity index is 649. The van der Waals surface area contributed by atoms with Crippen molar-refractivity contribution in [2.75, 3.05) is 12.4 Å². The van der Waals surface area contributed by atoms with E-state index in [-0.39, 0.29) is 5.97 Å². The molecule has 0 aliphatic rings. The Morgan fingerprint density at radius 2 is 2.26 bits per heavy atom. The van der Waals surface area contributed by atoms with Gasteiger partial charge in [-0.1, -0.05) is 17.9 Å². The molecule has 1 heterocycles. The summed E-state index contributed by atoms with van der Waals surface area (Å²) >= 11 is 4.11. The topological polar surface area (TPSA) is 42.1 Å². The Morgan fingerprint density at radius 1 is 1.42 bits per heavy atom. The van der Waals surface area contributed by atoms with Crippen molar-refractivity contribution < 1.29 is 9.53 Å². The third kappa shape index (κ3) is 3.33. The largest absolute Gasteiger partial charge is 0.461 e. The molecular weight excluding hydrogens is 258 g/mol. The first-order valence-electron chi connectivity index (χ1n) is 6.14. The van der Waals surface area contributed by atoms with Crippen molar-refractivity contribution in [2.45, 2.75) is 13.3 Å². The first kappa shape index (κ1) is 13.6. The fourth-order valence-electron chi connectivity index (χ4n) is 1.74. The number of ether oxygens (including phenoxy) is 1. The fraction of sp³-hybridized carbons (Fsp3) is 0.267. The molecular formula is C15H15NO2S. The lowest BCUT2D eigenvalue weighted by Gasteiger charge is -1.96. The Labute approximate surface area is 117 Å². The number of fused-ring (bicyclic) bond motifs is 1. The maximum Gasteiger partial charge on any atom is 0.354 e. The zero-order valence-electron chi connectivity index (χ0n) is 10.7. The smallest absolute Gasteiger partial charge is 0.354 e. The van der Waals surface area contributed by atoms with Crippen LogP contribution in [-0.4, -0.2) is 23.3 Å². The highest BCUT2D eigenvalue weighted by Crippen LogP contribution is 2.17. The van der Waals surface area contributed by atoms with Gasteiger partial charge in [0.05, 0.1) is 6.61 Å². The SMILES string of the molecule is CCOC(=O)c1cc2ccc(C#CCCS)cc2[nH]1. The van der Waals surface area contributed by atoms with Crippen LogP contribution in [-0.2, 0) is 4.74 Å². The number of benzene rings is 1. The van der Waals surface area contributed by atoms with Crippen LogP contribution in [0.5, 0.6) is 0 Å². The maximum atomic E-state index is 11.6. The number of thiol groups is 1. The van der Waals surface area contributed by atoms with Gasteiger partial charge in [-0.15, -0.1) is 0 Å². The molecule has 0 aliphatic heterocycles. The van der Waals surface area contributed by atoms with Gasteiger partial charge in [0, 0.05) is 28.6 Å². The molecule has 0 unspecified atom stereocenters. The van der Waals surface area contributed by atoms with E-state index in [1.165, 1.54) is 0 Å². The second-order valence-electron chi connectivity index (χ2n) is 3.98. The molecule has 0 fully saturated rings. The van der Waals surface area contributed by atoms with Crippen molar-refractivity contribution in [1.29, 1.82) is 0 Å². The first-order valence-corrected chi connectivity index (χ1v) is 6.77. The van der Waals surface area contributed by atoms with E-state index in [1.54, 1.807) is 13.0 Å². The number of esters is 1. The van der Waals surface area contributed by atoms with Gasteiger partial charge in [0.1, 0.15) is 5.69 Å². The van der Waals surface area contributed by atoms with Crippen LogP contribution in [0.3, 0.4) is 0 Å². The number of carbonyl (C=O) groups is 1. The fourth-order valence-corrected chi connectivity index (χ4v) is 1.86. The minimum absolute atomic E-state index is 0.332. The molecule has 0 aliphatic carbocycles. The number of nitrogens with one attached hydrogen (secondary N) is 1. The lowest BCUT2D eigenvalue weighted by molar-refractivity contribution is 0.0520. The zero-order valence-corrected chi connectivity index (χ0v) is 11.6. The van der Waals surface area contributed by atoms with Gasteiger partial charge in [-0.3, -0.25) is 0 Å². The van der Waals surface area contributed by atoms with Crippen LogP contribution in [0.4, 0.5) is 0 Å². The highest BCUT2D eigenvalue weighted by molar-refractivity contribution is 7.80. The molecule has 0 saturated heterocycles. The summed E-state index contributed by atoms with van der Waals surface area (Å²) in [5.41, 5.74) is 2.28. The summed E-state index contributed by atoms with van der Waals surface area (Å²) in [6, 6.07) is 7.61. The van der Waals surface area contributed by atoms with Crippen molar-refractivity contribution >= 4 is 29.5 Å². The summed E-state index contributed by atoms with van der Waals surface area (Å²) in [7, 11) is 0. The Hall–Kier alpha value is -1.86. The number of aromatic nitrogens is 1. The second-order valence-corrected chi connectivity index (χ2v) is 4.43. The van der Waals surface area contributed by atoms with Gasteiger partial charge in [-0.25, -0.2) is 4.79 Å². The van der Waals surface area contributed by atoms with E-state index >= 15 is 0 Å². The van der Waals surface area contributed by atoms with E-state index in [0.717, 1.165) is 28.6 Å². The predicted molar refractivity (Wildman–Crippen MR) is 79.6 cm³/mol. The predicted octanol–water partition coefficient (Wildman–Crippen LogP) is 3.02. The van der Waals surface area contributed by atoms with E-state index in [0.29, 0.717) is 12.3 Å². The lowest BCUT2D eigenvalue weighted by atomic mass is 10.1. The van der Waals surface area contributed by atoms with Crippen LogP contribution in [0.25, 0.3) is 10.9 Å². The van der Waals surface area contributed by atoms with Gasteiger partial charge in [0.2, 0.25) is 0 Å². The van der Waals surface area contributed by atoms with Crippen LogP contribution >= 0.6 is 12.6 Å². The molecule has 2 aromatic rings. The average molecular weight is 273 g/mol. The Balaban J connectivity index is 2.29. The van der Waals surface area contributed by atoms with Gasteiger partial charge in [0.25, 0.3) is 0 Å². The third-order valence-electron chi connectivity index (χ3n) is 2.59. The molecule has 0 bridgehead atoms. The van der Waals surface area contributed by atoms with Gasteiger partial charge in [-0.2, -0.15) is 12.6 Å². The maximum absolute atomic E-state index is 11.6. The number of H-pyrrole nitrogens is 1. The lowest BCUT2D eigenvalue weighted by Crippen LogP contribution is -2.04. The molecule has 4 heteroatoms. The zero-order chi connectivity index (χ0) is 13.7. The molecule has 0 radical (unpaired) electrons. The Morgan fingerprint density at radius 3 is 3.00 bits per heavy atom. The van der Waals surface area contributed by atoms with E-state index in [1.807, 2.05) is 18.2 Å². The van der Waals surface area contributed by atoms with Crippen molar-refractivity contribution in [3.63, 3.8) is 0 Å².